The van der Waals surface area contributed by atoms with Crippen molar-refractivity contribution in [1.29, 1.82) is 0 Å². The Morgan fingerprint density at radius 3 is 2.50 bits per heavy atom. The van der Waals surface area contributed by atoms with E-state index in [4.69, 9.17) is 9.47 Å². The van der Waals surface area contributed by atoms with Gasteiger partial charge in [0.25, 0.3) is 5.91 Å². The smallest absolute Gasteiger partial charge is 0.251 e. The number of rotatable bonds is 6. The van der Waals surface area contributed by atoms with Gasteiger partial charge in [-0.25, -0.2) is 0 Å². The number of hydrogen-bond donors (Lipinski definition) is 2. The number of ether oxygens (including phenoxy) is 2. The van der Waals surface area contributed by atoms with Crippen molar-refractivity contribution < 1.29 is 14.3 Å². The average Bonchev–Trinajstić information content (AvgIpc) is 2.53. The third-order valence-electron chi connectivity index (χ3n) is 4.32. The van der Waals surface area contributed by atoms with E-state index in [9.17, 15) is 4.79 Å². The maximum Gasteiger partial charge on any atom is 0.251 e. The van der Waals surface area contributed by atoms with Crippen molar-refractivity contribution in [3.63, 3.8) is 0 Å². The van der Waals surface area contributed by atoms with Crippen molar-refractivity contribution in [3.05, 3.63) is 23.8 Å². The molecule has 1 aromatic rings. The minimum Gasteiger partial charge on any atom is -0.490 e. The minimum absolute atomic E-state index is 0. The Morgan fingerprint density at radius 2 is 1.88 bits per heavy atom. The Hall–Kier alpha value is -1.46. The second-order valence-electron chi connectivity index (χ2n) is 6.04. The lowest BCUT2D eigenvalue weighted by Gasteiger charge is -2.36. The van der Waals surface area contributed by atoms with Crippen molar-refractivity contribution in [2.24, 2.45) is 5.92 Å². The molecule has 1 aliphatic rings. The van der Waals surface area contributed by atoms with E-state index in [1.807, 2.05) is 13.8 Å². The van der Waals surface area contributed by atoms with Gasteiger partial charge in [0.15, 0.2) is 11.5 Å². The van der Waals surface area contributed by atoms with E-state index in [1.165, 1.54) is 0 Å². The lowest BCUT2D eigenvalue weighted by atomic mass is 9.89. The van der Waals surface area contributed by atoms with E-state index in [0.29, 0.717) is 36.2 Å². The lowest BCUT2D eigenvalue weighted by molar-refractivity contribution is 0.0897. The van der Waals surface area contributed by atoms with Crippen molar-refractivity contribution in [1.82, 2.24) is 10.6 Å². The highest BCUT2D eigenvalue weighted by Crippen LogP contribution is 2.28. The van der Waals surface area contributed by atoms with Gasteiger partial charge in [-0.15, -0.1) is 12.4 Å². The molecule has 24 heavy (non-hydrogen) atoms. The Balaban J connectivity index is 0.00000288. The standard InChI is InChI=1S/C18H28N2O3.ClH/c1-5-22-15-8-7-14(11-16(15)23-6-2)18(21)20-17-12(3)9-10-19-13(17)4;/h7-8,11-13,17,19H,5-6,9-10H2,1-4H3,(H,20,21);1H. The van der Waals surface area contributed by atoms with Crippen LogP contribution in [0.25, 0.3) is 0 Å². The first-order valence-electron chi connectivity index (χ1n) is 8.50. The first-order valence-corrected chi connectivity index (χ1v) is 8.50. The molecular formula is C18H29ClN2O3. The molecular weight excluding hydrogens is 328 g/mol. The summed E-state index contributed by atoms with van der Waals surface area (Å²) in [5.41, 5.74) is 0.599. The van der Waals surface area contributed by atoms with Gasteiger partial charge in [-0.05, 0) is 57.9 Å². The second-order valence-corrected chi connectivity index (χ2v) is 6.04. The van der Waals surface area contributed by atoms with Crippen LogP contribution in [0.3, 0.4) is 0 Å². The predicted octanol–water partition coefficient (Wildman–Crippen LogP) is 3.02. The molecule has 1 heterocycles. The quantitative estimate of drug-likeness (QED) is 0.822. The van der Waals surface area contributed by atoms with Crippen LogP contribution in [0.1, 0.15) is 44.5 Å². The molecule has 1 amide bonds. The first-order chi connectivity index (χ1) is 11.1. The summed E-state index contributed by atoms with van der Waals surface area (Å²) in [6.07, 6.45) is 1.07. The van der Waals surface area contributed by atoms with E-state index in [0.717, 1.165) is 13.0 Å². The fraction of sp³-hybridized carbons (Fsp3) is 0.611. The van der Waals surface area contributed by atoms with Gasteiger partial charge in [0.2, 0.25) is 0 Å². The molecule has 3 unspecified atom stereocenters. The van der Waals surface area contributed by atoms with Gasteiger partial charge < -0.3 is 20.1 Å². The van der Waals surface area contributed by atoms with Crippen molar-refractivity contribution in [2.45, 2.75) is 46.2 Å². The molecule has 2 N–H and O–H groups in total. The van der Waals surface area contributed by atoms with Crippen LogP contribution in [0.2, 0.25) is 0 Å². The van der Waals surface area contributed by atoms with Gasteiger partial charge in [0.05, 0.1) is 13.2 Å². The fourth-order valence-electron chi connectivity index (χ4n) is 3.03. The Labute approximate surface area is 150 Å². The number of carbonyl (C=O) groups excluding carboxylic acids is 1. The van der Waals surface area contributed by atoms with Gasteiger partial charge in [0.1, 0.15) is 0 Å². The monoisotopic (exact) mass is 356 g/mol. The predicted molar refractivity (Wildman–Crippen MR) is 98.5 cm³/mol. The van der Waals surface area contributed by atoms with E-state index in [1.54, 1.807) is 18.2 Å². The SMILES string of the molecule is CCOc1ccc(C(=O)NC2C(C)CCNC2C)cc1OCC.Cl. The maximum absolute atomic E-state index is 12.6. The molecule has 1 aliphatic heterocycles. The molecule has 0 radical (unpaired) electrons. The van der Waals surface area contributed by atoms with Crippen LogP contribution in [0.5, 0.6) is 11.5 Å². The molecule has 3 atom stereocenters. The summed E-state index contributed by atoms with van der Waals surface area (Å²) in [6, 6.07) is 5.76. The van der Waals surface area contributed by atoms with Crippen molar-refractivity contribution in [2.75, 3.05) is 19.8 Å². The summed E-state index contributed by atoms with van der Waals surface area (Å²) in [5, 5.41) is 6.58. The number of hydrogen-bond acceptors (Lipinski definition) is 4. The molecule has 0 aromatic heterocycles. The first kappa shape index (κ1) is 20.6. The topological polar surface area (TPSA) is 59.6 Å². The van der Waals surface area contributed by atoms with Gasteiger partial charge in [-0.2, -0.15) is 0 Å². The highest BCUT2D eigenvalue weighted by atomic mass is 35.5. The van der Waals surface area contributed by atoms with Crippen LogP contribution in [0.15, 0.2) is 18.2 Å². The van der Waals surface area contributed by atoms with E-state index in [2.05, 4.69) is 24.5 Å². The normalized spacial score (nSPS) is 23.1. The molecule has 5 nitrogen and oxygen atoms in total. The molecule has 0 saturated carbocycles. The molecule has 0 bridgehead atoms. The molecule has 6 heteroatoms. The molecule has 0 spiro atoms. The number of carbonyl (C=O) groups is 1. The van der Waals surface area contributed by atoms with Crippen LogP contribution in [0, 0.1) is 5.92 Å². The lowest BCUT2D eigenvalue weighted by Crippen LogP contribution is -2.55. The van der Waals surface area contributed by atoms with Gasteiger partial charge >= 0.3 is 0 Å². The molecule has 136 valence electrons. The average molecular weight is 357 g/mol. The number of amides is 1. The number of halogens is 1. The summed E-state index contributed by atoms with van der Waals surface area (Å²) in [7, 11) is 0. The molecule has 1 fully saturated rings. The Bertz CT molecular complexity index is 529. The van der Waals surface area contributed by atoms with Gasteiger partial charge in [-0.3, -0.25) is 4.79 Å². The van der Waals surface area contributed by atoms with Gasteiger partial charge in [-0.1, -0.05) is 6.92 Å². The third kappa shape index (κ3) is 5.02. The summed E-state index contributed by atoms with van der Waals surface area (Å²) in [5.74, 6) is 1.68. The van der Waals surface area contributed by atoms with Crippen LogP contribution < -0.4 is 20.1 Å². The summed E-state index contributed by atoms with van der Waals surface area (Å²) in [6.45, 7) is 10.2. The van der Waals surface area contributed by atoms with Crippen LogP contribution in [-0.4, -0.2) is 37.7 Å². The van der Waals surface area contributed by atoms with Crippen LogP contribution in [0.4, 0.5) is 0 Å². The summed E-state index contributed by atoms with van der Waals surface area (Å²) < 4.78 is 11.1. The van der Waals surface area contributed by atoms with E-state index < -0.39 is 0 Å². The largest absolute Gasteiger partial charge is 0.490 e. The number of benzene rings is 1. The molecule has 1 aromatic carbocycles. The molecule has 0 aliphatic carbocycles. The third-order valence-corrected chi connectivity index (χ3v) is 4.32. The second kappa shape index (κ2) is 9.74. The molecule has 1 saturated heterocycles. The highest BCUT2D eigenvalue weighted by Gasteiger charge is 2.29. The zero-order valence-electron chi connectivity index (χ0n) is 14.9. The van der Waals surface area contributed by atoms with E-state index >= 15 is 0 Å². The number of piperidine rings is 1. The zero-order chi connectivity index (χ0) is 16.8. The van der Waals surface area contributed by atoms with Crippen molar-refractivity contribution in [3.8, 4) is 11.5 Å². The highest BCUT2D eigenvalue weighted by molar-refractivity contribution is 5.95. The van der Waals surface area contributed by atoms with Crippen LogP contribution >= 0.6 is 12.4 Å². The minimum atomic E-state index is -0.0681. The number of nitrogens with one attached hydrogen (secondary N) is 2. The fourth-order valence-corrected chi connectivity index (χ4v) is 3.03. The Kier molecular flexibility index (Phi) is 8.36. The maximum atomic E-state index is 12.6. The Morgan fingerprint density at radius 1 is 1.21 bits per heavy atom. The van der Waals surface area contributed by atoms with Crippen molar-refractivity contribution >= 4 is 18.3 Å². The van der Waals surface area contributed by atoms with Gasteiger partial charge in [0, 0.05) is 17.6 Å². The van der Waals surface area contributed by atoms with Crippen LogP contribution in [-0.2, 0) is 0 Å². The zero-order valence-corrected chi connectivity index (χ0v) is 15.7. The summed E-state index contributed by atoms with van der Waals surface area (Å²) >= 11 is 0. The molecule has 2 rings (SSSR count). The summed E-state index contributed by atoms with van der Waals surface area (Å²) in [4.78, 5) is 12.6. The van der Waals surface area contributed by atoms with E-state index in [-0.39, 0.29) is 30.4 Å².